The van der Waals surface area contributed by atoms with E-state index in [9.17, 15) is 31.4 Å². The molecule has 0 spiro atoms. The van der Waals surface area contributed by atoms with E-state index in [1.54, 1.807) is 0 Å². The van der Waals surface area contributed by atoms with Gasteiger partial charge in [-0.3, -0.25) is 0 Å². The molecule has 0 amide bonds. The van der Waals surface area contributed by atoms with Crippen molar-refractivity contribution in [3.8, 4) is 0 Å². The Morgan fingerprint density at radius 1 is 0.793 bits per heavy atom. The summed E-state index contributed by atoms with van der Waals surface area (Å²) in [4.78, 5) is 0. The molecule has 0 aromatic heterocycles. The number of nitrogens with one attached hydrogen (secondary N) is 2. The molecule has 0 fully saturated rings. The van der Waals surface area contributed by atoms with E-state index in [-0.39, 0.29) is 13.1 Å². The van der Waals surface area contributed by atoms with Crippen LogP contribution >= 0.6 is 0 Å². The minimum absolute atomic E-state index is 0.0373. The summed E-state index contributed by atoms with van der Waals surface area (Å²) >= 11 is 0. The summed E-state index contributed by atoms with van der Waals surface area (Å²) in [5.41, 5.74) is -2.81. The minimum Gasteiger partial charge on any atom is -0.383 e. The molecule has 0 atom stereocenters. The second-order valence-electron chi connectivity index (χ2n) is 6.88. The van der Waals surface area contributed by atoms with Gasteiger partial charge in [0.1, 0.15) is 0 Å². The summed E-state index contributed by atoms with van der Waals surface area (Å²) in [6, 6.07) is 7.92. The molecule has 160 valence electrons. The highest BCUT2D eigenvalue weighted by atomic mass is 19.4. The molecule has 29 heavy (non-hydrogen) atoms. The first-order chi connectivity index (χ1) is 13.3. The third-order valence-electron chi connectivity index (χ3n) is 4.56. The van der Waals surface area contributed by atoms with Crippen molar-refractivity contribution in [3.63, 3.8) is 0 Å². The van der Waals surface area contributed by atoms with Crippen LogP contribution in [0.5, 0.6) is 0 Å². The Kier molecular flexibility index (Phi) is 6.42. The first-order valence-electron chi connectivity index (χ1n) is 8.80. The number of aryl methyl sites for hydroxylation is 3. The predicted molar refractivity (Wildman–Crippen MR) is 100 cm³/mol. The Balaban J connectivity index is 2.20. The molecule has 3 nitrogen and oxygen atoms in total. The molecule has 0 saturated heterocycles. The summed E-state index contributed by atoms with van der Waals surface area (Å²) in [7, 11) is 0. The quantitative estimate of drug-likeness (QED) is 0.430. The number of alkyl halides is 6. The van der Waals surface area contributed by atoms with Crippen molar-refractivity contribution in [3.05, 3.63) is 58.7 Å². The van der Waals surface area contributed by atoms with Gasteiger partial charge in [0.05, 0.1) is 0 Å². The van der Waals surface area contributed by atoms with Gasteiger partial charge in [-0.1, -0.05) is 35.9 Å². The van der Waals surface area contributed by atoms with Crippen LogP contribution in [0.15, 0.2) is 36.4 Å². The predicted octanol–water partition coefficient (Wildman–Crippen LogP) is 5.45. The molecule has 0 radical (unpaired) electrons. The van der Waals surface area contributed by atoms with Crippen LogP contribution in [0.25, 0.3) is 0 Å². The lowest BCUT2D eigenvalue weighted by molar-refractivity contribution is -0.376. The molecule has 0 heterocycles. The van der Waals surface area contributed by atoms with Crippen molar-refractivity contribution >= 4 is 11.4 Å². The molecule has 9 heteroatoms. The molecule has 0 aliphatic carbocycles. The zero-order valence-electron chi connectivity index (χ0n) is 16.1. The molecular formula is C20H22F6N2O. The van der Waals surface area contributed by atoms with Gasteiger partial charge in [-0.25, -0.2) is 0 Å². The maximum atomic E-state index is 13.2. The van der Waals surface area contributed by atoms with Gasteiger partial charge in [0.25, 0.3) is 5.60 Å². The van der Waals surface area contributed by atoms with Crippen molar-refractivity contribution in [2.24, 2.45) is 0 Å². The molecule has 0 bridgehead atoms. The minimum atomic E-state index is -5.93. The number of hydrogen-bond donors (Lipinski definition) is 3. The van der Waals surface area contributed by atoms with Crippen LogP contribution in [0.1, 0.15) is 22.3 Å². The standard InChI is InChI=1S/C20H22F6N2O/c1-12-10-13(2)17(14(3)11-12)28-9-8-27-16-7-5-4-6-15(16)18(29,19(21,22)23)20(24,25)26/h4-7,10-11,27-29H,8-9H2,1-3H3. The SMILES string of the molecule is Cc1cc(C)c(NCCNc2ccccc2C(O)(C(F)(F)F)C(F)(F)F)c(C)c1. The Morgan fingerprint density at radius 2 is 1.28 bits per heavy atom. The first kappa shape index (κ1) is 22.9. The Labute approximate surface area is 164 Å². The van der Waals surface area contributed by atoms with Crippen molar-refractivity contribution in [1.82, 2.24) is 0 Å². The summed E-state index contributed by atoms with van der Waals surface area (Å²) in [6.45, 7) is 6.03. The average molecular weight is 420 g/mol. The van der Waals surface area contributed by atoms with E-state index in [2.05, 4.69) is 10.6 Å². The van der Waals surface area contributed by atoms with E-state index >= 15 is 0 Å². The van der Waals surface area contributed by atoms with Crippen LogP contribution in [0.2, 0.25) is 0 Å². The van der Waals surface area contributed by atoms with Crippen LogP contribution in [0.3, 0.4) is 0 Å². The lowest BCUT2D eigenvalue weighted by atomic mass is 9.90. The fourth-order valence-corrected chi connectivity index (χ4v) is 3.26. The number of aliphatic hydroxyl groups is 1. The average Bonchev–Trinajstić information content (AvgIpc) is 2.58. The maximum Gasteiger partial charge on any atom is 0.430 e. The van der Waals surface area contributed by atoms with E-state index in [1.165, 1.54) is 6.07 Å². The van der Waals surface area contributed by atoms with E-state index in [0.717, 1.165) is 34.5 Å². The van der Waals surface area contributed by atoms with Crippen molar-refractivity contribution in [1.29, 1.82) is 0 Å². The number of hydrogen-bond acceptors (Lipinski definition) is 3. The molecule has 3 N–H and O–H groups in total. The van der Waals surface area contributed by atoms with Crippen LogP contribution in [0, 0.1) is 20.8 Å². The van der Waals surface area contributed by atoms with Gasteiger partial charge in [0.2, 0.25) is 0 Å². The topological polar surface area (TPSA) is 44.3 Å². The van der Waals surface area contributed by atoms with Crippen LogP contribution in [0.4, 0.5) is 37.7 Å². The summed E-state index contributed by atoms with van der Waals surface area (Å²) in [5.74, 6) is 0. The molecule has 2 aromatic carbocycles. The number of para-hydroxylation sites is 1. The van der Waals surface area contributed by atoms with Gasteiger partial charge in [0, 0.05) is 30.0 Å². The van der Waals surface area contributed by atoms with E-state index in [4.69, 9.17) is 0 Å². The highest BCUT2D eigenvalue weighted by molar-refractivity contribution is 5.59. The Hall–Kier alpha value is -2.42. The van der Waals surface area contributed by atoms with E-state index in [0.29, 0.717) is 6.07 Å². The molecular weight excluding hydrogens is 398 g/mol. The fourth-order valence-electron chi connectivity index (χ4n) is 3.26. The summed E-state index contributed by atoms with van der Waals surface area (Å²) in [6.07, 6.45) is -11.9. The number of rotatable bonds is 6. The number of benzene rings is 2. The lowest BCUT2D eigenvalue weighted by Gasteiger charge is -2.34. The summed E-state index contributed by atoms with van der Waals surface area (Å²) in [5, 5.41) is 15.4. The highest BCUT2D eigenvalue weighted by Crippen LogP contribution is 2.51. The van der Waals surface area contributed by atoms with Crippen molar-refractivity contribution < 1.29 is 31.4 Å². The maximum absolute atomic E-state index is 13.2. The molecule has 0 aliphatic heterocycles. The molecule has 0 aliphatic rings. The van der Waals surface area contributed by atoms with Gasteiger partial charge >= 0.3 is 12.4 Å². The largest absolute Gasteiger partial charge is 0.430 e. The monoisotopic (exact) mass is 420 g/mol. The Morgan fingerprint density at radius 3 is 1.79 bits per heavy atom. The zero-order chi connectivity index (χ0) is 22.0. The molecule has 2 rings (SSSR count). The number of anilines is 2. The van der Waals surface area contributed by atoms with Gasteiger partial charge in [-0.05, 0) is 38.0 Å². The third kappa shape index (κ3) is 4.60. The second-order valence-corrected chi connectivity index (χ2v) is 6.88. The van der Waals surface area contributed by atoms with E-state index in [1.807, 2.05) is 32.9 Å². The van der Waals surface area contributed by atoms with Gasteiger partial charge in [0.15, 0.2) is 0 Å². The third-order valence-corrected chi connectivity index (χ3v) is 4.56. The van der Waals surface area contributed by atoms with Gasteiger partial charge in [-0.15, -0.1) is 0 Å². The molecule has 0 unspecified atom stereocenters. The normalized spacial score (nSPS) is 12.8. The molecule has 2 aromatic rings. The lowest BCUT2D eigenvalue weighted by Crippen LogP contribution is -2.54. The van der Waals surface area contributed by atoms with Crippen LogP contribution in [-0.4, -0.2) is 30.5 Å². The highest BCUT2D eigenvalue weighted by Gasteiger charge is 2.72. The van der Waals surface area contributed by atoms with Crippen molar-refractivity contribution in [2.45, 2.75) is 38.7 Å². The second kappa shape index (κ2) is 8.14. The van der Waals surface area contributed by atoms with E-state index < -0.39 is 29.2 Å². The first-order valence-corrected chi connectivity index (χ1v) is 8.80. The zero-order valence-corrected chi connectivity index (χ0v) is 16.1. The van der Waals surface area contributed by atoms with Gasteiger partial charge in [-0.2, -0.15) is 26.3 Å². The summed E-state index contributed by atoms with van der Waals surface area (Å²) < 4.78 is 79.1. The Bertz CT molecular complexity index is 824. The fraction of sp³-hybridized carbons (Fsp3) is 0.400. The van der Waals surface area contributed by atoms with Crippen LogP contribution in [-0.2, 0) is 5.60 Å². The van der Waals surface area contributed by atoms with Crippen LogP contribution < -0.4 is 10.6 Å². The van der Waals surface area contributed by atoms with Crippen molar-refractivity contribution in [2.75, 3.05) is 23.7 Å². The smallest absolute Gasteiger partial charge is 0.383 e. The van der Waals surface area contributed by atoms with Gasteiger partial charge < -0.3 is 15.7 Å². The molecule has 0 saturated carbocycles. The number of halogens is 6.